The Labute approximate surface area is 269 Å². The van der Waals surface area contributed by atoms with Crippen molar-refractivity contribution < 1.29 is 19.0 Å². The summed E-state index contributed by atoms with van der Waals surface area (Å²) >= 11 is 13.6. The number of nitrogens with zero attached hydrogens (tertiary/aromatic N) is 2. The molecule has 0 amide bonds. The van der Waals surface area contributed by atoms with Gasteiger partial charge in [0.15, 0.2) is 16.3 Å². The topological polar surface area (TPSA) is 79.1 Å². The van der Waals surface area contributed by atoms with Crippen molar-refractivity contribution in [2.75, 3.05) is 13.7 Å². The van der Waals surface area contributed by atoms with Gasteiger partial charge in [-0.05, 0) is 66.3 Å². The second-order valence-corrected chi connectivity index (χ2v) is 12.6. The van der Waals surface area contributed by atoms with Crippen LogP contribution in [0.25, 0.3) is 6.08 Å². The summed E-state index contributed by atoms with van der Waals surface area (Å²) in [5.74, 6) is 1.01. The van der Waals surface area contributed by atoms with Crippen molar-refractivity contribution in [2.45, 2.75) is 39.8 Å². The molecule has 2 heterocycles. The molecule has 0 N–H and O–H groups in total. The summed E-state index contributed by atoms with van der Waals surface area (Å²) in [5, 5.41) is 0.804. The first-order valence-corrected chi connectivity index (χ1v) is 15.7. The zero-order valence-electron chi connectivity index (χ0n) is 24.8. The fourth-order valence-electron chi connectivity index (χ4n) is 4.83. The van der Waals surface area contributed by atoms with E-state index in [2.05, 4.69) is 18.8 Å². The highest BCUT2D eigenvalue weighted by atomic mass is 35.5. The Kier molecular flexibility index (Phi) is 9.93. The lowest BCUT2D eigenvalue weighted by Gasteiger charge is -2.25. The molecule has 0 saturated carbocycles. The molecular formula is C34H32Cl2N2O5S. The molecule has 0 radical (unpaired) electrons. The lowest BCUT2D eigenvalue weighted by Crippen LogP contribution is -2.39. The highest BCUT2D eigenvalue weighted by Gasteiger charge is 2.34. The third-order valence-corrected chi connectivity index (χ3v) is 8.87. The minimum atomic E-state index is -0.816. The number of benzene rings is 3. The van der Waals surface area contributed by atoms with Crippen molar-refractivity contribution in [3.8, 4) is 11.5 Å². The van der Waals surface area contributed by atoms with Gasteiger partial charge >= 0.3 is 5.97 Å². The number of fused-ring (bicyclic) bond motifs is 1. The Morgan fingerprint density at radius 1 is 1.05 bits per heavy atom. The molecule has 5 rings (SSSR count). The van der Waals surface area contributed by atoms with Gasteiger partial charge < -0.3 is 14.2 Å². The highest BCUT2D eigenvalue weighted by molar-refractivity contribution is 7.07. The fraction of sp³-hybridized carbons (Fsp3) is 0.265. The van der Waals surface area contributed by atoms with Gasteiger partial charge in [-0.15, -0.1) is 0 Å². The van der Waals surface area contributed by atoms with E-state index in [1.807, 2.05) is 42.5 Å². The van der Waals surface area contributed by atoms with E-state index in [0.29, 0.717) is 60.2 Å². The van der Waals surface area contributed by atoms with Crippen LogP contribution in [-0.2, 0) is 16.1 Å². The van der Waals surface area contributed by atoms with Crippen LogP contribution < -0.4 is 24.4 Å². The van der Waals surface area contributed by atoms with E-state index in [1.165, 1.54) is 15.9 Å². The molecule has 4 aromatic rings. The molecule has 1 aliphatic rings. The zero-order valence-corrected chi connectivity index (χ0v) is 27.1. The summed E-state index contributed by atoms with van der Waals surface area (Å²) in [6, 6.07) is 19.2. The van der Waals surface area contributed by atoms with Crippen LogP contribution in [0.1, 0.15) is 49.9 Å². The largest absolute Gasteiger partial charge is 0.493 e. The SMILES string of the molecule is COc1cc(C2C(C(=O)OCc3ccccc3)=C(C)N=c3sc(=Cc4ccc(Cl)c(Cl)c4)c(=O)n32)ccc1OCCC(C)C. The van der Waals surface area contributed by atoms with Crippen LogP contribution in [0.2, 0.25) is 10.0 Å². The van der Waals surface area contributed by atoms with E-state index in [-0.39, 0.29) is 17.7 Å². The first-order chi connectivity index (χ1) is 21.2. The van der Waals surface area contributed by atoms with Gasteiger partial charge in [0.2, 0.25) is 0 Å². The molecule has 10 heteroatoms. The van der Waals surface area contributed by atoms with E-state index in [9.17, 15) is 9.59 Å². The van der Waals surface area contributed by atoms with Crippen LogP contribution in [0.3, 0.4) is 0 Å². The molecular weight excluding hydrogens is 619 g/mol. The summed E-state index contributed by atoms with van der Waals surface area (Å²) in [5.41, 5.74) is 2.64. The maximum atomic E-state index is 14.0. The van der Waals surface area contributed by atoms with Crippen molar-refractivity contribution in [1.82, 2.24) is 4.57 Å². The number of methoxy groups -OCH3 is 1. The molecule has 1 unspecified atom stereocenters. The fourth-order valence-corrected chi connectivity index (χ4v) is 6.18. The molecule has 1 atom stereocenters. The zero-order chi connectivity index (χ0) is 31.4. The van der Waals surface area contributed by atoms with Gasteiger partial charge in [-0.3, -0.25) is 9.36 Å². The van der Waals surface area contributed by atoms with Crippen LogP contribution >= 0.6 is 34.5 Å². The van der Waals surface area contributed by atoms with Crippen molar-refractivity contribution >= 4 is 46.6 Å². The van der Waals surface area contributed by atoms with Gasteiger partial charge in [-0.2, -0.15) is 0 Å². The molecule has 1 aromatic heterocycles. The smallest absolute Gasteiger partial charge is 0.338 e. The third-order valence-electron chi connectivity index (χ3n) is 7.15. The number of esters is 1. The summed E-state index contributed by atoms with van der Waals surface area (Å²) in [6.07, 6.45) is 2.63. The molecule has 228 valence electrons. The number of halogens is 2. The molecule has 1 aliphatic heterocycles. The number of carbonyl (C=O) groups is 1. The quantitative estimate of drug-likeness (QED) is 0.178. The van der Waals surface area contributed by atoms with Gasteiger partial charge in [0, 0.05) is 0 Å². The maximum absolute atomic E-state index is 14.0. The van der Waals surface area contributed by atoms with E-state index in [0.717, 1.165) is 12.0 Å². The van der Waals surface area contributed by atoms with E-state index in [4.69, 9.17) is 37.4 Å². The average molecular weight is 652 g/mol. The number of hydrogen-bond donors (Lipinski definition) is 0. The van der Waals surface area contributed by atoms with Crippen LogP contribution in [0, 0.1) is 5.92 Å². The average Bonchev–Trinajstić information content (AvgIpc) is 3.31. The third kappa shape index (κ3) is 6.93. The standard InChI is InChI=1S/C34H32Cl2N2O5S/c1-20(2)14-15-42-27-13-11-24(18-28(27)41-4)31-30(33(40)43-19-22-8-6-5-7-9-22)21(3)37-34-38(31)32(39)29(44-34)17-23-10-12-25(35)26(36)16-23/h5-13,16-18,20,31H,14-15,19H2,1-4H3. The number of thiazole rings is 1. The molecule has 0 fully saturated rings. The van der Waals surface area contributed by atoms with Crippen molar-refractivity contribution in [3.05, 3.63) is 124 Å². The van der Waals surface area contributed by atoms with Gasteiger partial charge in [0.1, 0.15) is 6.61 Å². The summed E-state index contributed by atoms with van der Waals surface area (Å²) in [6.45, 7) is 6.63. The highest BCUT2D eigenvalue weighted by Crippen LogP contribution is 2.36. The summed E-state index contributed by atoms with van der Waals surface area (Å²) < 4.78 is 19.4. The summed E-state index contributed by atoms with van der Waals surface area (Å²) in [4.78, 5) is 32.9. The van der Waals surface area contributed by atoms with E-state index < -0.39 is 12.0 Å². The summed E-state index contributed by atoms with van der Waals surface area (Å²) in [7, 11) is 1.56. The number of hydrogen-bond acceptors (Lipinski definition) is 7. The Bertz CT molecular complexity index is 1900. The molecule has 7 nitrogen and oxygen atoms in total. The Balaban J connectivity index is 1.61. The minimum Gasteiger partial charge on any atom is -0.493 e. The van der Waals surface area contributed by atoms with E-state index >= 15 is 0 Å². The minimum absolute atomic E-state index is 0.0802. The first kappa shape index (κ1) is 31.6. The maximum Gasteiger partial charge on any atom is 0.338 e. The van der Waals surface area contributed by atoms with Gasteiger partial charge in [-0.1, -0.05) is 90.9 Å². The Morgan fingerprint density at radius 3 is 2.52 bits per heavy atom. The van der Waals surface area contributed by atoms with Crippen molar-refractivity contribution in [1.29, 1.82) is 0 Å². The lowest BCUT2D eigenvalue weighted by molar-refractivity contribution is -0.140. The second kappa shape index (κ2) is 13.8. The van der Waals surface area contributed by atoms with Gasteiger partial charge in [0.25, 0.3) is 5.56 Å². The monoisotopic (exact) mass is 650 g/mol. The molecule has 0 bridgehead atoms. The second-order valence-electron chi connectivity index (χ2n) is 10.8. The van der Waals surface area contributed by atoms with Crippen LogP contribution in [0.15, 0.2) is 87.8 Å². The van der Waals surface area contributed by atoms with Gasteiger partial charge in [0.05, 0.1) is 45.6 Å². The Morgan fingerprint density at radius 2 is 1.82 bits per heavy atom. The molecule has 44 heavy (non-hydrogen) atoms. The van der Waals surface area contributed by atoms with E-state index in [1.54, 1.807) is 44.4 Å². The normalized spacial score (nSPS) is 14.8. The number of rotatable bonds is 10. The molecule has 0 aliphatic carbocycles. The predicted octanol–water partition coefficient (Wildman–Crippen LogP) is 6.72. The number of ether oxygens (including phenoxy) is 3. The number of carbonyl (C=O) groups excluding carboxylic acids is 1. The molecule has 0 saturated heterocycles. The van der Waals surface area contributed by atoms with Crippen molar-refractivity contribution in [2.24, 2.45) is 10.9 Å². The van der Waals surface area contributed by atoms with Crippen molar-refractivity contribution in [3.63, 3.8) is 0 Å². The molecule has 3 aromatic carbocycles. The predicted molar refractivity (Wildman–Crippen MR) is 174 cm³/mol. The molecule has 0 spiro atoms. The van der Waals surface area contributed by atoms with Crippen LogP contribution in [0.4, 0.5) is 0 Å². The number of allylic oxidation sites excluding steroid dienone is 1. The Hall–Kier alpha value is -3.85. The lowest BCUT2D eigenvalue weighted by atomic mass is 9.95. The van der Waals surface area contributed by atoms with Gasteiger partial charge in [-0.25, -0.2) is 9.79 Å². The number of aromatic nitrogens is 1. The van der Waals surface area contributed by atoms with Crippen LogP contribution in [0.5, 0.6) is 11.5 Å². The first-order valence-electron chi connectivity index (χ1n) is 14.2. The van der Waals surface area contributed by atoms with Crippen LogP contribution in [-0.4, -0.2) is 24.3 Å².